The Bertz CT molecular complexity index is 1080. The number of aromatic nitrogens is 2. The fourth-order valence-electron chi connectivity index (χ4n) is 4.41. The van der Waals surface area contributed by atoms with Crippen molar-refractivity contribution in [3.05, 3.63) is 40.7 Å². The molecule has 0 aliphatic carbocycles. The molecule has 1 amide bonds. The molecule has 2 rings (SSSR count). The Morgan fingerprint density at radius 2 is 1.64 bits per heavy atom. The summed E-state index contributed by atoms with van der Waals surface area (Å²) in [6, 6.07) is 8.25. The number of ether oxygens (including phenoxy) is 1. The van der Waals surface area contributed by atoms with Crippen molar-refractivity contribution in [2.45, 2.75) is 77.6 Å². The second-order valence-corrected chi connectivity index (χ2v) is 10.7. The van der Waals surface area contributed by atoms with E-state index in [4.69, 9.17) is 38.6 Å². The quantitative estimate of drug-likeness (QED) is 0.0794. The third kappa shape index (κ3) is 14.2. The zero-order chi connectivity index (χ0) is 30.6. The standard InChI is InChI=1S/C30H49ClN8O3/c1-2-3-4-9-18-39(19-10-5-6-11-21-40)20-22-42-24-15-13-23(14-16-24)12-7-8-17-35-30(34)38-29(41)25-27(32)37-28(33)26(31)36-25/h13-16,40H,2-12,17-22H2,1H3,(H4,32,33,37)(H3,34,35,38,41). The van der Waals surface area contributed by atoms with Gasteiger partial charge in [0, 0.05) is 19.7 Å². The van der Waals surface area contributed by atoms with Gasteiger partial charge in [0.2, 0.25) is 0 Å². The first-order valence-corrected chi connectivity index (χ1v) is 15.5. The van der Waals surface area contributed by atoms with Crippen LogP contribution in [0.25, 0.3) is 0 Å². The van der Waals surface area contributed by atoms with Gasteiger partial charge in [-0.3, -0.25) is 20.0 Å². The van der Waals surface area contributed by atoms with Gasteiger partial charge in [0.15, 0.2) is 28.4 Å². The van der Waals surface area contributed by atoms with Gasteiger partial charge in [-0.1, -0.05) is 62.8 Å². The van der Waals surface area contributed by atoms with E-state index in [1.807, 2.05) is 12.1 Å². The van der Waals surface area contributed by atoms with Crippen LogP contribution in [-0.4, -0.2) is 71.2 Å². The molecule has 0 unspecified atom stereocenters. The summed E-state index contributed by atoms with van der Waals surface area (Å²) in [6.07, 6.45) is 12.0. The number of anilines is 2. The predicted molar refractivity (Wildman–Crippen MR) is 171 cm³/mol. The van der Waals surface area contributed by atoms with Crippen molar-refractivity contribution in [2.24, 2.45) is 10.7 Å². The number of nitrogen functional groups attached to an aromatic ring is 2. The Kier molecular flexibility index (Phi) is 17.3. The Morgan fingerprint density at radius 1 is 0.952 bits per heavy atom. The number of hydrogen-bond acceptors (Lipinski definition) is 9. The number of aliphatic hydroxyl groups excluding tert-OH is 1. The fraction of sp³-hybridized carbons (Fsp3) is 0.600. The molecule has 12 heteroatoms. The first-order chi connectivity index (χ1) is 20.3. The van der Waals surface area contributed by atoms with E-state index in [0.29, 0.717) is 13.2 Å². The highest BCUT2D eigenvalue weighted by atomic mass is 35.5. The molecule has 0 aliphatic rings. The molecule has 8 N–H and O–H groups in total. The minimum atomic E-state index is -0.653. The number of nitrogens with zero attached hydrogens (tertiary/aromatic N) is 4. The van der Waals surface area contributed by atoms with E-state index in [-0.39, 0.29) is 35.0 Å². The topological polar surface area (TPSA) is 178 Å². The lowest BCUT2D eigenvalue weighted by molar-refractivity contribution is 0.0972. The number of aryl methyl sites for hydroxylation is 1. The zero-order valence-corrected chi connectivity index (χ0v) is 25.7. The minimum absolute atomic E-state index is 0.0307. The highest BCUT2D eigenvalue weighted by Gasteiger charge is 2.16. The van der Waals surface area contributed by atoms with Crippen LogP contribution in [0.5, 0.6) is 5.75 Å². The maximum atomic E-state index is 12.3. The molecule has 11 nitrogen and oxygen atoms in total. The van der Waals surface area contributed by atoms with E-state index in [1.165, 1.54) is 31.2 Å². The van der Waals surface area contributed by atoms with Crippen LogP contribution in [0.2, 0.25) is 5.15 Å². The van der Waals surface area contributed by atoms with Crippen LogP contribution in [0.4, 0.5) is 11.6 Å². The maximum Gasteiger partial charge on any atom is 0.280 e. The summed E-state index contributed by atoms with van der Waals surface area (Å²) < 4.78 is 6.05. The highest BCUT2D eigenvalue weighted by molar-refractivity contribution is 6.31. The number of amides is 1. The molecule has 0 saturated heterocycles. The predicted octanol–water partition coefficient (Wildman–Crippen LogP) is 4.18. The van der Waals surface area contributed by atoms with E-state index in [1.54, 1.807) is 0 Å². The van der Waals surface area contributed by atoms with Gasteiger partial charge in [-0.25, -0.2) is 9.97 Å². The smallest absolute Gasteiger partial charge is 0.280 e. The number of nitrogens with one attached hydrogen (secondary N) is 1. The lowest BCUT2D eigenvalue weighted by Gasteiger charge is -2.22. The SMILES string of the molecule is CCCCCCN(CCCCCCO)CCOc1ccc(CCCCN=C(N)NC(=O)c2nc(Cl)c(N)nc2N)cc1. The van der Waals surface area contributed by atoms with Crippen molar-refractivity contribution < 1.29 is 14.6 Å². The molecule has 0 spiro atoms. The molecule has 0 aliphatic heterocycles. The molecule has 2 aromatic rings. The summed E-state index contributed by atoms with van der Waals surface area (Å²) >= 11 is 5.82. The number of aliphatic imine (C=N–C) groups is 1. The average molecular weight is 605 g/mol. The maximum absolute atomic E-state index is 12.3. The lowest BCUT2D eigenvalue weighted by Crippen LogP contribution is -2.38. The number of halogens is 1. The molecule has 0 atom stereocenters. The molecule has 42 heavy (non-hydrogen) atoms. The fourth-order valence-corrected chi connectivity index (χ4v) is 4.53. The monoisotopic (exact) mass is 604 g/mol. The van der Waals surface area contributed by atoms with Gasteiger partial charge >= 0.3 is 0 Å². The number of nitrogens with two attached hydrogens (primary N) is 3. The van der Waals surface area contributed by atoms with Crippen molar-refractivity contribution in [1.29, 1.82) is 0 Å². The summed E-state index contributed by atoms with van der Waals surface area (Å²) in [7, 11) is 0. The molecular weight excluding hydrogens is 556 g/mol. The van der Waals surface area contributed by atoms with Crippen molar-refractivity contribution >= 4 is 35.1 Å². The number of rotatable bonds is 21. The van der Waals surface area contributed by atoms with Gasteiger partial charge in [0.05, 0.1) is 0 Å². The van der Waals surface area contributed by atoms with Crippen molar-refractivity contribution in [3.63, 3.8) is 0 Å². The Labute approximate surface area is 255 Å². The molecule has 0 saturated carbocycles. The first kappa shape index (κ1) is 35.0. The summed E-state index contributed by atoms with van der Waals surface area (Å²) in [4.78, 5) is 26.6. The molecule has 1 aromatic carbocycles. The molecule has 0 radical (unpaired) electrons. The summed E-state index contributed by atoms with van der Waals surface area (Å²) in [6.45, 7) is 6.79. The lowest BCUT2D eigenvalue weighted by atomic mass is 10.1. The summed E-state index contributed by atoms with van der Waals surface area (Å²) in [5.74, 6) is 0.00611. The Balaban J connectivity index is 1.68. The van der Waals surface area contributed by atoms with Gasteiger partial charge in [-0.05, 0) is 69.3 Å². The number of unbranched alkanes of at least 4 members (excludes halogenated alkanes) is 7. The van der Waals surface area contributed by atoms with Gasteiger partial charge in [0.1, 0.15) is 12.4 Å². The molecule has 1 heterocycles. The average Bonchev–Trinajstić information content (AvgIpc) is 2.97. The number of carbonyl (C=O) groups excluding carboxylic acids is 1. The number of guanidine groups is 1. The van der Waals surface area contributed by atoms with E-state index >= 15 is 0 Å². The molecule has 0 bridgehead atoms. The minimum Gasteiger partial charge on any atom is -0.492 e. The van der Waals surface area contributed by atoms with Gasteiger partial charge < -0.3 is 27.0 Å². The van der Waals surface area contributed by atoms with Crippen molar-refractivity contribution in [2.75, 3.05) is 50.9 Å². The van der Waals surface area contributed by atoms with Crippen LogP contribution in [0.3, 0.4) is 0 Å². The van der Waals surface area contributed by atoms with Crippen LogP contribution in [0.15, 0.2) is 29.3 Å². The van der Waals surface area contributed by atoms with Crippen LogP contribution < -0.4 is 27.3 Å². The number of hydrogen-bond donors (Lipinski definition) is 5. The number of carbonyl (C=O) groups is 1. The van der Waals surface area contributed by atoms with Crippen LogP contribution in [-0.2, 0) is 6.42 Å². The van der Waals surface area contributed by atoms with Crippen LogP contribution in [0.1, 0.15) is 87.2 Å². The largest absolute Gasteiger partial charge is 0.492 e. The van der Waals surface area contributed by atoms with Crippen molar-refractivity contribution in [3.8, 4) is 5.75 Å². The second kappa shape index (κ2) is 20.7. The Morgan fingerprint density at radius 3 is 2.33 bits per heavy atom. The van der Waals surface area contributed by atoms with Gasteiger partial charge in [-0.15, -0.1) is 0 Å². The Hall–Kier alpha value is -3.15. The molecular formula is C30H49ClN8O3. The van der Waals surface area contributed by atoms with Crippen molar-refractivity contribution in [1.82, 2.24) is 20.2 Å². The second-order valence-electron chi connectivity index (χ2n) is 10.3. The van der Waals surface area contributed by atoms with E-state index in [2.05, 4.69) is 44.2 Å². The third-order valence-electron chi connectivity index (χ3n) is 6.83. The first-order valence-electron chi connectivity index (χ1n) is 15.1. The van der Waals surface area contributed by atoms with E-state index in [9.17, 15) is 4.79 Å². The number of aliphatic hydroxyl groups is 1. The summed E-state index contributed by atoms with van der Waals surface area (Å²) in [5, 5.41) is 11.3. The molecule has 234 valence electrons. The molecule has 1 aromatic heterocycles. The zero-order valence-electron chi connectivity index (χ0n) is 25.0. The van der Waals surface area contributed by atoms with Crippen LogP contribution >= 0.6 is 11.6 Å². The van der Waals surface area contributed by atoms with E-state index in [0.717, 1.165) is 70.3 Å². The normalized spacial score (nSPS) is 11.7. The highest BCUT2D eigenvalue weighted by Crippen LogP contribution is 2.17. The van der Waals surface area contributed by atoms with Crippen LogP contribution in [0, 0.1) is 0 Å². The summed E-state index contributed by atoms with van der Waals surface area (Å²) in [5.41, 5.74) is 18.1. The third-order valence-corrected chi connectivity index (χ3v) is 7.11. The number of benzene rings is 1. The van der Waals surface area contributed by atoms with Gasteiger partial charge in [0.25, 0.3) is 5.91 Å². The molecule has 0 fully saturated rings. The van der Waals surface area contributed by atoms with Gasteiger partial charge in [-0.2, -0.15) is 0 Å². The van der Waals surface area contributed by atoms with E-state index < -0.39 is 5.91 Å².